The summed E-state index contributed by atoms with van der Waals surface area (Å²) in [7, 11) is 0. The van der Waals surface area contributed by atoms with Crippen molar-refractivity contribution in [2.24, 2.45) is 0 Å². The van der Waals surface area contributed by atoms with Gasteiger partial charge in [-0.15, -0.1) is 0 Å². The Hall–Kier alpha value is -2.22. The van der Waals surface area contributed by atoms with Crippen LogP contribution in [0, 0.1) is 5.82 Å². The molecule has 0 fully saturated rings. The van der Waals surface area contributed by atoms with Gasteiger partial charge in [-0.3, -0.25) is 4.98 Å². The molecule has 0 N–H and O–H groups in total. The minimum Gasteiger partial charge on any atom is -0.256 e. The number of nitrogens with zero attached hydrogens (tertiary/aromatic N) is 1. The lowest BCUT2D eigenvalue weighted by molar-refractivity contribution is 0.625. The molecule has 0 bridgehead atoms. The Labute approximate surface area is 131 Å². The quantitative estimate of drug-likeness (QED) is 0.615. The minimum atomic E-state index is -0.133. The average molecular weight is 295 g/mol. The number of para-hydroxylation sites is 1. The first-order valence-electron chi connectivity index (χ1n) is 7.81. The third-order valence-corrected chi connectivity index (χ3v) is 3.48. The number of hydrogen-bond donors (Lipinski definition) is 0. The highest BCUT2D eigenvalue weighted by atomic mass is 19.1. The summed E-state index contributed by atoms with van der Waals surface area (Å²) in [6.45, 7) is 4.23. The van der Waals surface area contributed by atoms with Gasteiger partial charge in [0.2, 0.25) is 0 Å². The Morgan fingerprint density at radius 1 is 0.909 bits per heavy atom. The van der Waals surface area contributed by atoms with Crippen molar-refractivity contribution in [1.29, 1.82) is 0 Å². The zero-order valence-electron chi connectivity index (χ0n) is 13.2. The van der Waals surface area contributed by atoms with Crippen LogP contribution in [0.15, 0.2) is 60.8 Å². The molecule has 0 aliphatic carbocycles. The van der Waals surface area contributed by atoms with E-state index in [-0.39, 0.29) is 5.82 Å². The fourth-order valence-electron chi connectivity index (χ4n) is 2.29. The summed E-state index contributed by atoms with van der Waals surface area (Å²) in [6.07, 6.45) is 5.04. The molecular weight excluding hydrogens is 273 g/mol. The zero-order valence-corrected chi connectivity index (χ0v) is 13.2. The second-order valence-electron chi connectivity index (χ2n) is 5.27. The van der Waals surface area contributed by atoms with E-state index in [4.69, 9.17) is 0 Å². The first-order chi connectivity index (χ1) is 10.7. The van der Waals surface area contributed by atoms with Crippen molar-refractivity contribution in [3.05, 3.63) is 77.7 Å². The van der Waals surface area contributed by atoms with Gasteiger partial charge in [0.05, 0.1) is 5.52 Å². The van der Waals surface area contributed by atoms with Gasteiger partial charge >= 0.3 is 0 Å². The molecule has 0 unspecified atom stereocenters. The number of halogens is 1. The van der Waals surface area contributed by atoms with E-state index in [1.807, 2.05) is 30.5 Å². The minimum absolute atomic E-state index is 0.133. The first-order valence-corrected chi connectivity index (χ1v) is 7.81. The van der Waals surface area contributed by atoms with Crippen LogP contribution in [0.5, 0.6) is 0 Å². The molecule has 1 aromatic heterocycles. The van der Waals surface area contributed by atoms with Crippen LogP contribution in [0.1, 0.15) is 31.4 Å². The molecule has 3 rings (SSSR count). The van der Waals surface area contributed by atoms with E-state index >= 15 is 0 Å². The van der Waals surface area contributed by atoms with E-state index in [1.54, 1.807) is 12.1 Å². The second kappa shape index (κ2) is 8.28. The van der Waals surface area contributed by atoms with E-state index in [1.165, 1.54) is 17.0 Å². The highest BCUT2D eigenvalue weighted by Crippen LogP contribution is 2.12. The Kier molecular flexibility index (Phi) is 6.08. The Morgan fingerprint density at radius 2 is 1.73 bits per heavy atom. The first kappa shape index (κ1) is 16.2. The third-order valence-electron chi connectivity index (χ3n) is 3.48. The molecule has 1 nitrogen and oxygen atoms in total. The summed E-state index contributed by atoms with van der Waals surface area (Å²) in [6, 6.07) is 17.2. The Bertz CT molecular complexity index is 721. The van der Waals surface area contributed by atoms with Crippen LogP contribution >= 0.6 is 0 Å². The van der Waals surface area contributed by atoms with Crippen LogP contribution in [-0.4, -0.2) is 4.98 Å². The summed E-state index contributed by atoms with van der Waals surface area (Å²) in [5, 5.41) is 1.23. The summed E-state index contributed by atoms with van der Waals surface area (Å²) in [4.78, 5) is 4.35. The molecule has 3 aromatic rings. The molecule has 114 valence electrons. The molecule has 0 saturated heterocycles. The highest BCUT2D eigenvalue weighted by Gasteiger charge is 1.94. The number of fused-ring (bicyclic) bond motifs is 1. The van der Waals surface area contributed by atoms with Crippen LogP contribution in [0.2, 0.25) is 0 Å². The lowest BCUT2D eigenvalue weighted by atomic mass is 10.1. The van der Waals surface area contributed by atoms with E-state index in [0.717, 1.165) is 30.3 Å². The van der Waals surface area contributed by atoms with Gasteiger partial charge in [-0.25, -0.2) is 4.39 Å². The Morgan fingerprint density at radius 3 is 2.45 bits per heavy atom. The molecule has 0 radical (unpaired) electrons. The van der Waals surface area contributed by atoms with Crippen LogP contribution in [0.3, 0.4) is 0 Å². The van der Waals surface area contributed by atoms with Gasteiger partial charge in [-0.2, -0.15) is 0 Å². The highest BCUT2D eigenvalue weighted by molar-refractivity contribution is 5.78. The molecule has 2 heteroatoms. The Balaban J connectivity index is 0.000000164. The monoisotopic (exact) mass is 295 g/mol. The number of pyridine rings is 1. The van der Waals surface area contributed by atoms with Gasteiger partial charge in [0.15, 0.2) is 0 Å². The standard InChI is InChI=1S/C11H11N.C9H11F/c1-2-9-7-10-5-3-4-6-11(10)12-8-9;1-2-4-8-5-3-6-9(10)7-8/h3-8H,2H2,1H3;3,5-7H,2,4H2,1H3. The molecule has 1 heterocycles. The SMILES string of the molecule is CCCc1cccc(F)c1.CCc1cnc2ccccc2c1. The van der Waals surface area contributed by atoms with Crippen LogP contribution < -0.4 is 0 Å². The molecule has 22 heavy (non-hydrogen) atoms. The van der Waals surface area contributed by atoms with E-state index in [2.05, 4.69) is 31.0 Å². The van der Waals surface area contributed by atoms with Crippen LogP contribution in [-0.2, 0) is 12.8 Å². The average Bonchev–Trinajstić information content (AvgIpc) is 2.55. The lowest BCUT2D eigenvalue weighted by Crippen LogP contribution is -1.83. The topological polar surface area (TPSA) is 12.9 Å². The fourth-order valence-corrected chi connectivity index (χ4v) is 2.29. The summed E-state index contributed by atoms with van der Waals surface area (Å²) < 4.78 is 12.5. The van der Waals surface area contributed by atoms with Crippen LogP contribution in [0.4, 0.5) is 4.39 Å². The van der Waals surface area contributed by atoms with Gasteiger partial charge in [-0.1, -0.05) is 50.6 Å². The number of aryl methyl sites for hydroxylation is 2. The van der Waals surface area contributed by atoms with Crippen molar-refractivity contribution in [3.63, 3.8) is 0 Å². The summed E-state index contributed by atoms with van der Waals surface area (Å²) in [5.41, 5.74) is 3.46. The smallest absolute Gasteiger partial charge is 0.123 e. The van der Waals surface area contributed by atoms with Crippen molar-refractivity contribution in [2.45, 2.75) is 33.1 Å². The van der Waals surface area contributed by atoms with E-state index in [9.17, 15) is 4.39 Å². The van der Waals surface area contributed by atoms with Crippen molar-refractivity contribution in [2.75, 3.05) is 0 Å². The molecule has 0 atom stereocenters. The molecule has 0 amide bonds. The number of rotatable bonds is 3. The molecular formula is C20H22FN. The van der Waals surface area contributed by atoms with Gasteiger partial charge in [0, 0.05) is 11.6 Å². The molecule has 0 aliphatic rings. The summed E-state index contributed by atoms with van der Waals surface area (Å²) >= 11 is 0. The summed E-state index contributed by atoms with van der Waals surface area (Å²) in [5.74, 6) is -0.133. The normalized spacial score (nSPS) is 10.1. The van der Waals surface area contributed by atoms with E-state index in [0.29, 0.717) is 0 Å². The van der Waals surface area contributed by atoms with Gasteiger partial charge in [0.25, 0.3) is 0 Å². The predicted octanol–water partition coefficient (Wildman–Crippen LogP) is 5.58. The maximum Gasteiger partial charge on any atom is 0.123 e. The maximum atomic E-state index is 12.5. The predicted molar refractivity (Wildman–Crippen MR) is 91.5 cm³/mol. The third kappa shape index (κ3) is 4.66. The van der Waals surface area contributed by atoms with Crippen molar-refractivity contribution < 1.29 is 4.39 Å². The lowest BCUT2D eigenvalue weighted by Gasteiger charge is -1.98. The second-order valence-corrected chi connectivity index (χ2v) is 5.27. The number of benzene rings is 2. The largest absolute Gasteiger partial charge is 0.256 e. The molecule has 0 spiro atoms. The maximum absolute atomic E-state index is 12.5. The van der Waals surface area contributed by atoms with Crippen molar-refractivity contribution in [1.82, 2.24) is 4.98 Å². The zero-order chi connectivity index (χ0) is 15.8. The van der Waals surface area contributed by atoms with Crippen molar-refractivity contribution in [3.8, 4) is 0 Å². The number of hydrogen-bond acceptors (Lipinski definition) is 1. The van der Waals surface area contributed by atoms with Gasteiger partial charge in [-0.05, 0) is 48.2 Å². The van der Waals surface area contributed by atoms with E-state index < -0.39 is 0 Å². The molecule has 0 aliphatic heterocycles. The molecule has 0 saturated carbocycles. The molecule has 2 aromatic carbocycles. The number of aromatic nitrogens is 1. The van der Waals surface area contributed by atoms with Gasteiger partial charge < -0.3 is 0 Å². The van der Waals surface area contributed by atoms with Crippen molar-refractivity contribution >= 4 is 10.9 Å². The van der Waals surface area contributed by atoms with Crippen LogP contribution in [0.25, 0.3) is 10.9 Å². The van der Waals surface area contributed by atoms with Gasteiger partial charge in [0.1, 0.15) is 5.82 Å². The fraction of sp³-hybridized carbons (Fsp3) is 0.250.